The van der Waals surface area contributed by atoms with Crippen LogP contribution in [0.25, 0.3) is 0 Å². The lowest BCUT2D eigenvalue weighted by Gasteiger charge is -2.27. The van der Waals surface area contributed by atoms with Crippen LogP contribution in [0.15, 0.2) is 20.0 Å². The monoisotopic (exact) mass is 786 g/mol. The minimum Gasteiger partial charge on any atom is -0.480 e. The first-order valence-corrected chi connectivity index (χ1v) is 17.2. The van der Waals surface area contributed by atoms with Crippen molar-refractivity contribution in [3.05, 3.63) is 0 Å². The molecule has 0 radical (unpaired) electrons. The molecule has 0 aromatic rings. The number of nitrogens with zero attached hydrogens (tertiary/aromatic N) is 4. The van der Waals surface area contributed by atoms with Gasteiger partial charge >= 0.3 is 5.97 Å². The molecule has 25 N–H and O–H groups in total. The van der Waals surface area contributed by atoms with Crippen molar-refractivity contribution in [3.8, 4) is 0 Å². The van der Waals surface area contributed by atoms with Crippen LogP contribution in [0.3, 0.4) is 0 Å². The fourth-order valence-electron chi connectivity index (χ4n) is 4.62. The first kappa shape index (κ1) is 48.8. The Hall–Kier alpha value is -6.18. The molecule has 0 aliphatic carbocycles. The molecule has 0 heterocycles. The summed E-state index contributed by atoms with van der Waals surface area (Å²) in [7, 11) is 0. The van der Waals surface area contributed by atoms with Gasteiger partial charge < -0.3 is 88.4 Å². The molecule has 0 fully saturated rings. The van der Waals surface area contributed by atoms with E-state index in [1.807, 2.05) is 0 Å². The Morgan fingerprint density at radius 1 is 0.455 bits per heavy atom. The highest BCUT2D eigenvalue weighted by atomic mass is 16.4. The fourth-order valence-corrected chi connectivity index (χ4v) is 4.62. The number of hydrogen-bond donors (Lipinski definition) is 16. The second kappa shape index (κ2) is 27.4. The molecule has 0 saturated carbocycles. The molecule has 0 aliphatic rings. The third-order valence-electron chi connectivity index (χ3n) is 7.31. The highest BCUT2D eigenvalue weighted by molar-refractivity contribution is 5.96. The van der Waals surface area contributed by atoms with E-state index >= 15 is 0 Å². The number of nitrogens with one attached hydrogen (secondary N) is 5. The third-order valence-corrected chi connectivity index (χ3v) is 7.31. The van der Waals surface area contributed by atoms with E-state index in [1.165, 1.54) is 0 Å². The van der Waals surface area contributed by atoms with Crippen LogP contribution >= 0.6 is 0 Å². The number of carboxylic acids is 1. The van der Waals surface area contributed by atoms with Crippen LogP contribution in [0.4, 0.5) is 0 Å². The molecule has 312 valence electrons. The zero-order valence-electron chi connectivity index (χ0n) is 30.6. The number of aliphatic carboxylic acids is 1. The number of rotatable bonds is 28. The molecule has 0 aromatic carbocycles. The lowest BCUT2D eigenvalue weighted by Crippen LogP contribution is -2.59. The minimum absolute atomic E-state index is 0.0439. The summed E-state index contributed by atoms with van der Waals surface area (Å²) in [5, 5.41) is 31.0. The number of hydrogen-bond acceptors (Lipinski definition) is 12. The quantitative estimate of drug-likeness (QED) is 0.0199. The summed E-state index contributed by atoms with van der Waals surface area (Å²) >= 11 is 0. The van der Waals surface area contributed by atoms with Crippen LogP contribution < -0.4 is 78.2 Å². The van der Waals surface area contributed by atoms with Crippen LogP contribution in [0.1, 0.15) is 51.4 Å². The molecule has 0 unspecified atom stereocenters. The molecule has 55 heavy (non-hydrogen) atoms. The van der Waals surface area contributed by atoms with E-state index in [9.17, 15) is 39.0 Å². The summed E-state index contributed by atoms with van der Waals surface area (Å²) in [6, 6.07) is -6.92. The predicted molar refractivity (Wildman–Crippen MR) is 203 cm³/mol. The van der Waals surface area contributed by atoms with Gasteiger partial charge in [-0.05, 0) is 51.4 Å². The largest absolute Gasteiger partial charge is 0.480 e. The molecular weight excluding hydrogens is 728 g/mol. The van der Waals surface area contributed by atoms with Crippen LogP contribution in [0.2, 0.25) is 0 Å². The van der Waals surface area contributed by atoms with Crippen molar-refractivity contribution in [2.75, 3.05) is 39.3 Å². The maximum absolute atomic E-state index is 13.8. The number of aliphatic hydroxyl groups excluding tert-OH is 1. The van der Waals surface area contributed by atoms with Crippen molar-refractivity contribution >= 4 is 59.3 Å². The molecule has 0 aromatic heterocycles. The van der Waals surface area contributed by atoms with E-state index < -0.39 is 78.9 Å². The first-order chi connectivity index (χ1) is 25.9. The summed E-state index contributed by atoms with van der Waals surface area (Å²) in [5.74, 6) is -6.46. The van der Waals surface area contributed by atoms with E-state index in [-0.39, 0.29) is 101 Å². The van der Waals surface area contributed by atoms with Gasteiger partial charge in [0.15, 0.2) is 23.8 Å². The van der Waals surface area contributed by atoms with Crippen molar-refractivity contribution < 1.29 is 39.0 Å². The Kier molecular flexibility index (Phi) is 24.3. The summed E-state index contributed by atoms with van der Waals surface area (Å²) in [6.45, 7) is -1.08. The van der Waals surface area contributed by atoms with Gasteiger partial charge in [0.25, 0.3) is 0 Å². The summed E-state index contributed by atoms with van der Waals surface area (Å²) in [4.78, 5) is 93.2. The summed E-state index contributed by atoms with van der Waals surface area (Å²) in [5.41, 5.74) is 48.5. The predicted octanol–water partition coefficient (Wildman–Crippen LogP) is -8.34. The number of aliphatic hydroxyl groups is 1. The second-order valence-corrected chi connectivity index (χ2v) is 11.9. The Morgan fingerprint density at radius 3 is 0.927 bits per heavy atom. The molecule has 0 saturated heterocycles. The topological polar surface area (TPSA) is 487 Å². The van der Waals surface area contributed by atoms with E-state index in [4.69, 9.17) is 51.6 Å². The number of carbonyl (C=O) groups excluding carboxylic acids is 5. The standard InChI is InChI=1S/C29H58N18O8/c30-13-20(49)43-15(5-1-9-39-26(31)32)21(50)44-16(6-2-10-40-27(33)34)22(51)45-17(7-3-11-41-28(35)36)23(52)46-18(8-4-12-42-29(37)38)24(53)47-19(14-48)25(54)55/h15-19,48H,1-14,30H2,(H,43,49)(H,44,50)(H,45,51)(H,46,52)(H,47,53)(H,54,55)(H4,31,32,39)(H4,33,34,40)(H4,35,36,41)(H4,37,38,42)/t15-,16-,17-,18-,19-/m0/s1. The highest BCUT2D eigenvalue weighted by Gasteiger charge is 2.32. The summed E-state index contributed by atoms with van der Waals surface area (Å²) in [6.07, 6.45) is 0.555. The van der Waals surface area contributed by atoms with Crippen LogP contribution in [-0.2, 0) is 28.8 Å². The van der Waals surface area contributed by atoms with Gasteiger partial charge in [-0.3, -0.25) is 43.9 Å². The van der Waals surface area contributed by atoms with Crippen molar-refractivity contribution in [2.24, 2.45) is 71.6 Å². The van der Waals surface area contributed by atoms with Gasteiger partial charge in [0.1, 0.15) is 30.2 Å². The molecule has 0 aliphatic heterocycles. The molecule has 0 spiro atoms. The number of carboxylic acid groups (broad SMARTS) is 1. The molecule has 26 nitrogen and oxygen atoms in total. The fraction of sp³-hybridized carbons (Fsp3) is 0.655. The molecule has 0 bridgehead atoms. The average Bonchev–Trinajstić information content (AvgIpc) is 3.11. The normalized spacial score (nSPS) is 13.2. The van der Waals surface area contributed by atoms with E-state index in [0.29, 0.717) is 0 Å². The highest BCUT2D eigenvalue weighted by Crippen LogP contribution is 2.08. The van der Waals surface area contributed by atoms with E-state index in [0.717, 1.165) is 0 Å². The van der Waals surface area contributed by atoms with Crippen molar-refractivity contribution in [1.82, 2.24) is 26.6 Å². The summed E-state index contributed by atoms with van der Waals surface area (Å²) < 4.78 is 0. The number of carbonyl (C=O) groups is 6. The van der Waals surface area contributed by atoms with Crippen LogP contribution in [0, 0.1) is 0 Å². The Labute approximate surface area is 317 Å². The maximum Gasteiger partial charge on any atom is 0.328 e. The van der Waals surface area contributed by atoms with Crippen molar-refractivity contribution in [1.29, 1.82) is 0 Å². The zero-order chi connectivity index (χ0) is 41.9. The molecule has 26 heteroatoms. The Balaban J connectivity index is 6.50. The van der Waals surface area contributed by atoms with E-state index in [2.05, 4.69) is 46.6 Å². The zero-order valence-corrected chi connectivity index (χ0v) is 30.6. The number of amides is 5. The van der Waals surface area contributed by atoms with Gasteiger partial charge in [-0.15, -0.1) is 0 Å². The first-order valence-electron chi connectivity index (χ1n) is 17.2. The van der Waals surface area contributed by atoms with E-state index in [1.54, 1.807) is 0 Å². The number of guanidine groups is 4. The van der Waals surface area contributed by atoms with Gasteiger partial charge in [0.05, 0.1) is 13.2 Å². The second-order valence-electron chi connectivity index (χ2n) is 11.9. The van der Waals surface area contributed by atoms with Crippen LogP contribution in [-0.4, -0.2) is 139 Å². The SMILES string of the molecule is NCC(=O)N[C@@H](CCCN=C(N)N)C(=O)N[C@@H](CCCN=C(N)N)C(=O)N[C@@H](CCCN=C(N)N)C(=O)N[C@@H](CCCN=C(N)N)C(=O)N[C@@H](CO)C(=O)O. The smallest absolute Gasteiger partial charge is 0.328 e. The maximum atomic E-state index is 13.8. The van der Waals surface area contributed by atoms with Crippen LogP contribution in [0.5, 0.6) is 0 Å². The van der Waals surface area contributed by atoms with Crippen molar-refractivity contribution in [3.63, 3.8) is 0 Å². The Morgan fingerprint density at radius 2 is 0.709 bits per heavy atom. The molecule has 0 rings (SSSR count). The lowest BCUT2D eigenvalue weighted by molar-refractivity contribution is -0.143. The third kappa shape index (κ3) is 23.2. The average molecular weight is 787 g/mol. The molecule has 5 amide bonds. The molecular formula is C29H58N18O8. The van der Waals surface area contributed by atoms with Crippen molar-refractivity contribution in [2.45, 2.75) is 81.6 Å². The van der Waals surface area contributed by atoms with Gasteiger partial charge in [-0.2, -0.15) is 0 Å². The Bertz CT molecular complexity index is 1380. The van der Waals surface area contributed by atoms with Gasteiger partial charge in [-0.1, -0.05) is 0 Å². The molecule has 5 atom stereocenters. The number of aliphatic imine (C=N–C) groups is 4. The van der Waals surface area contributed by atoms with Gasteiger partial charge in [0.2, 0.25) is 29.5 Å². The van der Waals surface area contributed by atoms with Gasteiger partial charge in [0, 0.05) is 26.2 Å². The lowest BCUT2D eigenvalue weighted by atomic mass is 10.0. The minimum atomic E-state index is -1.69. The number of nitrogens with two attached hydrogens (primary N) is 9. The van der Waals surface area contributed by atoms with Gasteiger partial charge in [-0.25, -0.2) is 4.79 Å².